The summed E-state index contributed by atoms with van der Waals surface area (Å²) >= 11 is 0. The van der Waals surface area contributed by atoms with Gasteiger partial charge in [-0.25, -0.2) is 4.99 Å². The first-order valence-electron chi connectivity index (χ1n) is 10.4. The van der Waals surface area contributed by atoms with E-state index in [9.17, 15) is 13.6 Å². The minimum Gasteiger partial charge on any atom is -0.493 e. The van der Waals surface area contributed by atoms with E-state index in [2.05, 4.69) is 20.4 Å². The van der Waals surface area contributed by atoms with Crippen LogP contribution < -0.4 is 20.1 Å². The maximum atomic E-state index is 12.6. The number of benzene rings is 1. The first kappa shape index (κ1) is 27.2. The van der Waals surface area contributed by atoms with Crippen molar-refractivity contribution in [2.75, 3.05) is 33.3 Å². The van der Waals surface area contributed by atoms with E-state index in [0.29, 0.717) is 32.0 Å². The number of aliphatic imine (C=N–C) groups is 1. The summed E-state index contributed by atoms with van der Waals surface area (Å²) in [4.78, 5) is 18.5. The summed E-state index contributed by atoms with van der Waals surface area (Å²) in [5.74, 6) is 1.11. The SMILES string of the molecule is CCNC(=NCc1ccc(OC)c(OC(F)F)c1)NCCCN1CCCCCC1=O.I. The van der Waals surface area contributed by atoms with E-state index in [1.807, 2.05) is 11.8 Å². The van der Waals surface area contributed by atoms with Crippen LogP contribution in [0.4, 0.5) is 8.78 Å². The number of halogens is 3. The average Bonchev–Trinajstić information content (AvgIpc) is 2.93. The van der Waals surface area contributed by atoms with Crippen molar-refractivity contribution in [3.05, 3.63) is 23.8 Å². The zero-order valence-electron chi connectivity index (χ0n) is 18.2. The fourth-order valence-corrected chi connectivity index (χ4v) is 3.27. The Morgan fingerprint density at radius 3 is 2.74 bits per heavy atom. The molecule has 1 aromatic rings. The Labute approximate surface area is 200 Å². The van der Waals surface area contributed by atoms with E-state index in [1.165, 1.54) is 13.2 Å². The van der Waals surface area contributed by atoms with E-state index in [1.54, 1.807) is 12.1 Å². The predicted octanol–water partition coefficient (Wildman–Crippen LogP) is 3.76. The molecule has 0 aliphatic carbocycles. The summed E-state index contributed by atoms with van der Waals surface area (Å²) in [6.07, 6.45) is 4.65. The molecular formula is C21H33F2IN4O3. The molecule has 2 N–H and O–H groups in total. The number of hydrogen-bond acceptors (Lipinski definition) is 4. The fraction of sp³-hybridized carbons (Fsp3) is 0.619. The van der Waals surface area contributed by atoms with Crippen LogP contribution in [0.2, 0.25) is 0 Å². The molecule has 1 aliphatic rings. The van der Waals surface area contributed by atoms with Gasteiger partial charge in [-0.15, -0.1) is 24.0 Å². The topological polar surface area (TPSA) is 75.2 Å². The second kappa shape index (κ2) is 15.0. The minimum absolute atomic E-state index is 0. The Morgan fingerprint density at radius 2 is 2.03 bits per heavy atom. The molecule has 31 heavy (non-hydrogen) atoms. The summed E-state index contributed by atoms with van der Waals surface area (Å²) in [5, 5.41) is 6.42. The molecule has 1 aromatic carbocycles. The van der Waals surface area contributed by atoms with Crippen molar-refractivity contribution in [3.8, 4) is 11.5 Å². The number of amides is 1. The number of carbonyl (C=O) groups excluding carboxylic acids is 1. The number of likely N-dealkylation sites (tertiary alicyclic amines) is 1. The number of guanidine groups is 1. The van der Waals surface area contributed by atoms with Gasteiger partial charge in [-0.3, -0.25) is 4.79 Å². The Kier molecular flexibility index (Phi) is 13.2. The van der Waals surface area contributed by atoms with Crippen LogP contribution in [0, 0.1) is 0 Å². The molecule has 7 nitrogen and oxygen atoms in total. The molecule has 1 heterocycles. The van der Waals surface area contributed by atoms with Gasteiger partial charge in [-0.2, -0.15) is 8.78 Å². The Balaban J connectivity index is 0.00000480. The summed E-state index contributed by atoms with van der Waals surface area (Å²) in [6.45, 7) is 2.29. The second-order valence-electron chi connectivity index (χ2n) is 7.03. The molecule has 1 aliphatic heterocycles. The number of rotatable bonds is 10. The van der Waals surface area contributed by atoms with Gasteiger partial charge in [0.15, 0.2) is 17.5 Å². The van der Waals surface area contributed by atoms with Crippen molar-refractivity contribution >= 4 is 35.8 Å². The Bertz CT molecular complexity index is 707. The molecule has 0 spiro atoms. The average molecular weight is 554 g/mol. The van der Waals surface area contributed by atoms with Gasteiger partial charge in [-0.1, -0.05) is 12.5 Å². The smallest absolute Gasteiger partial charge is 0.387 e. The maximum absolute atomic E-state index is 12.6. The predicted molar refractivity (Wildman–Crippen MR) is 128 cm³/mol. The molecule has 1 fully saturated rings. The maximum Gasteiger partial charge on any atom is 0.387 e. The number of methoxy groups -OCH3 is 1. The van der Waals surface area contributed by atoms with E-state index < -0.39 is 6.61 Å². The number of nitrogens with zero attached hydrogens (tertiary/aromatic N) is 2. The van der Waals surface area contributed by atoms with Crippen LogP contribution in [0.1, 0.15) is 44.6 Å². The quantitative estimate of drug-likeness (QED) is 0.200. The molecule has 0 atom stereocenters. The third-order valence-corrected chi connectivity index (χ3v) is 4.78. The van der Waals surface area contributed by atoms with Gasteiger partial charge in [0.1, 0.15) is 0 Å². The molecular weight excluding hydrogens is 521 g/mol. The molecule has 1 saturated heterocycles. The van der Waals surface area contributed by atoms with Gasteiger partial charge in [0, 0.05) is 32.6 Å². The summed E-state index contributed by atoms with van der Waals surface area (Å²) in [7, 11) is 1.40. The molecule has 10 heteroatoms. The van der Waals surface area contributed by atoms with Crippen LogP contribution in [0.3, 0.4) is 0 Å². The van der Waals surface area contributed by atoms with Crippen LogP contribution in [-0.4, -0.2) is 56.7 Å². The molecule has 0 saturated carbocycles. The number of nitrogens with one attached hydrogen (secondary N) is 2. The normalized spacial score (nSPS) is 14.7. The number of carbonyl (C=O) groups is 1. The van der Waals surface area contributed by atoms with Crippen molar-refractivity contribution < 1.29 is 23.0 Å². The lowest BCUT2D eigenvalue weighted by Crippen LogP contribution is -2.39. The lowest BCUT2D eigenvalue weighted by molar-refractivity contribution is -0.130. The summed E-state index contributed by atoms with van der Waals surface area (Å²) < 4.78 is 34.7. The molecule has 1 amide bonds. The Morgan fingerprint density at radius 1 is 1.23 bits per heavy atom. The summed E-state index contributed by atoms with van der Waals surface area (Å²) in [6, 6.07) is 4.85. The van der Waals surface area contributed by atoms with Crippen LogP contribution in [-0.2, 0) is 11.3 Å². The van der Waals surface area contributed by atoms with Gasteiger partial charge in [0.25, 0.3) is 0 Å². The first-order chi connectivity index (χ1) is 14.5. The highest BCUT2D eigenvalue weighted by molar-refractivity contribution is 14.0. The third-order valence-electron chi connectivity index (χ3n) is 4.78. The van der Waals surface area contributed by atoms with Crippen molar-refractivity contribution in [3.63, 3.8) is 0 Å². The molecule has 0 aromatic heterocycles. The van der Waals surface area contributed by atoms with Crippen LogP contribution in [0.15, 0.2) is 23.2 Å². The highest BCUT2D eigenvalue weighted by Crippen LogP contribution is 2.29. The van der Waals surface area contributed by atoms with Crippen molar-refractivity contribution in [2.45, 2.75) is 52.2 Å². The van der Waals surface area contributed by atoms with Crippen molar-refractivity contribution in [1.82, 2.24) is 15.5 Å². The lowest BCUT2D eigenvalue weighted by Gasteiger charge is -2.20. The monoisotopic (exact) mass is 554 g/mol. The zero-order valence-corrected chi connectivity index (χ0v) is 20.5. The largest absolute Gasteiger partial charge is 0.493 e. The second-order valence-corrected chi connectivity index (χ2v) is 7.03. The van der Waals surface area contributed by atoms with E-state index in [4.69, 9.17) is 4.74 Å². The molecule has 0 unspecified atom stereocenters. The molecule has 176 valence electrons. The van der Waals surface area contributed by atoms with Crippen molar-refractivity contribution in [1.29, 1.82) is 0 Å². The third kappa shape index (κ3) is 9.88. The lowest BCUT2D eigenvalue weighted by atomic mass is 10.2. The van der Waals surface area contributed by atoms with E-state index in [-0.39, 0.29) is 41.4 Å². The molecule has 2 rings (SSSR count). The zero-order chi connectivity index (χ0) is 21.8. The van der Waals surface area contributed by atoms with E-state index >= 15 is 0 Å². The number of hydrogen-bond donors (Lipinski definition) is 2. The fourth-order valence-electron chi connectivity index (χ4n) is 3.27. The van der Waals surface area contributed by atoms with Gasteiger partial charge in [0.2, 0.25) is 5.91 Å². The highest BCUT2D eigenvalue weighted by atomic mass is 127. The van der Waals surface area contributed by atoms with Gasteiger partial charge in [-0.05, 0) is 43.9 Å². The van der Waals surface area contributed by atoms with Crippen LogP contribution in [0.25, 0.3) is 0 Å². The van der Waals surface area contributed by atoms with Crippen LogP contribution >= 0.6 is 24.0 Å². The highest BCUT2D eigenvalue weighted by Gasteiger charge is 2.15. The molecule has 0 radical (unpaired) electrons. The van der Waals surface area contributed by atoms with Gasteiger partial charge >= 0.3 is 6.61 Å². The molecule has 0 bridgehead atoms. The van der Waals surface area contributed by atoms with Gasteiger partial charge < -0.3 is 25.0 Å². The van der Waals surface area contributed by atoms with Crippen LogP contribution in [0.5, 0.6) is 11.5 Å². The van der Waals surface area contributed by atoms with E-state index in [0.717, 1.165) is 44.3 Å². The first-order valence-corrected chi connectivity index (χ1v) is 10.4. The van der Waals surface area contributed by atoms with Crippen molar-refractivity contribution in [2.24, 2.45) is 4.99 Å². The Hall–Kier alpha value is -1.85. The minimum atomic E-state index is -2.92. The number of ether oxygens (including phenoxy) is 2. The standard InChI is InChI=1S/C21H32F2N4O3.HI/c1-3-24-21(25-11-7-13-27-12-6-4-5-8-19(27)28)26-15-16-9-10-17(29-2)18(14-16)30-20(22)23;/h9-10,14,20H,3-8,11-13,15H2,1-2H3,(H2,24,25,26);1H. The van der Waals surface area contributed by atoms with Gasteiger partial charge in [0.05, 0.1) is 13.7 Å². The summed E-state index contributed by atoms with van der Waals surface area (Å²) in [5.41, 5.74) is 0.721. The number of alkyl halides is 2.